The van der Waals surface area contributed by atoms with Crippen molar-refractivity contribution in [3.05, 3.63) is 91.2 Å². The molecule has 0 aliphatic carbocycles. The number of hydrogen-bond donors (Lipinski definition) is 1. The zero-order valence-electron chi connectivity index (χ0n) is 23.5. The highest BCUT2D eigenvalue weighted by Gasteiger charge is 2.55. The van der Waals surface area contributed by atoms with Crippen molar-refractivity contribution < 1.29 is 37.0 Å². The molecule has 1 N–H and O–H groups in total. The Hall–Kier alpha value is -2.57. The quantitative estimate of drug-likeness (QED) is 0.113. The van der Waals surface area contributed by atoms with Gasteiger partial charge in [0.15, 0.2) is 5.13 Å². The number of benzene rings is 3. The van der Waals surface area contributed by atoms with E-state index in [1.807, 2.05) is 4.90 Å². The van der Waals surface area contributed by atoms with Gasteiger partial charge in [0.25, 0.3) is 0 Å². The molecule has 0 spiro atoms. The minimum Gasteiger partial charge on any atom is -0.507 e. The van der Waals surface area contributed by atoms with Gasteiger partial charge in [-0.25, -0.2) is 9.78 Å². The lowest BCUT2D eigenvalue weighted by molar-refractivity contribution is 0.0354. The maximum absolute atomic E-state index is 15.5. The lowest BCUT2D eigenvalue weighted by Crippen LogP contribution is -2.20. The minimum atomic E-state index is -4.82. The first-order chi connectivity index (χ1) is 20.8. The second-order valence-corrected chi connectivity index (χ2v) is 13.7. The fourth-order valence-electron chi connectivity index (χ4n) is 4.18. The Kier molecular flexibility index (Phi) is 11.1. The topological polar surface area (TPSA) is 98.2 Å². The van der Waals surface area contributed by atoms with Crippen LogP contribution in [0.3, 0.4) is 0 Å². The van der Waals surface area contributed by atoms with Gasteiger partial charge in [0.05, 0.1) is 42.6 Å². The maximum atomic E-state index is 15.5. The van der Waals surface area contributed by atoms with Crippen LogP contribution >= 0.6 is 58.1 Å². The number of carbonyl (C=O) groups is 1. The molecule has 0 amide bonds. The zero-order valence-corrected chi connectivity index (χ0v) is 28.3. The summed E-state index contributed by atoms with van der Waals surface area (Å²) in [7, 11) is -3.60. The van der Waals surface area contributed by atoms with Crippen LogP contribution in [0.25, 0.3) is 11.3 Å². The number of methoxy groups -OCH3 is 1. The molecule has 0 saturated heterocycles. The van der Waals surface area contributed by atoms with Crippen molar-refractivity contribution in [1.82, 2.24) is 4.98 Å². The number of nitrogens with zero attached hydrogens (tertiary/aromatic N) is 2. The molecule has 44 heavy (non-hydrogen) atoms. The molecule has 1 aromatic heterocycles. The Labute approximate surface area is 275 Å². The molecule has 4 rings (SSSR count). The summed E-state index contributed by atoms with van der Waals surface area (Å²) in [5.41, 5.74) is -2.19. The molecular formula is C29H26BrCl2F2N2O6PS. The van der Waals surface area contributed by atoms with Crippen LogP contribution in [0.4, 0.5) is 19.6 Å². The van der Waals surface area contributed by atoms with Gasteiger partial charge in [-0.05, 0) is 61.9 Å². The van der Waals surface area contributed by atoms with E-state index >= 15 is 8.78 Å². The Morgan fingerprint density at radius 3 is 2.39 bits per heavy atom. The molecule has 0 bridgehead atoms. The second-order valence-electron chi connectivity index (χ2n) is 9.11. The SMILES string of the molecule is CCOP(=O)(OCC)C(F)(F)c1ccc(CN(c2ccc(Cl)c(Cl)c2)c2nc(-c3ccc(O)c(C(=O)OC)c3)cs2)cc1Br. The van der Waals surface area contributed by atoms with Gasteiger partial charge < -0.3 is 23.8 Å². The fourth-order valence-corrected chi connectivity index (χ4v) is 7.73. The largest absolute Gasteiger partial charge is 0.507 e. The highest BCUT2D eigenvalue weighted by atomic mass is 79.9. The second kappa shape index (κ2) is 14.2. The van der Waals surface area contributed by atoms with Gasteiger partial charge in [0.2, 0.25) is 0 Å². The van der Waals surface area contributed by atoms with E-state index in [-0.39, 0.29) is 35.5 Å². The molecular weight excluding hydrogens is 724 g/mol. The van der Waals surface area contributed by atoms with Crippen LogP contribution < -0.4 is 4.90 Å². The summed E-state index contributed by atoms with van der Waals surface area (Å²) in [4.78, 5) is 18.7. The van der Waals surface area contributed by atoms with Crippen molar-refractivity contribution >= 4 is 74.9 Å². The molecule has 0 saturated carbocycles. The van der Waals surface area contributed by atoms with Gasteiger partial charge in [0, 0.05) is 26.7 Å². The molecule has 0 fully saturated rings. The number of phenols is 1. The zero-order chi connectivity index (χ0) is 32.2. The van der Waals surface area contributed by atoms with E-state index in [0.717, 1.165) is 0 Å². The Balaban J connectivity index is 1.73. The van der Waals surface area contributed by atoms with Gasteiger partial charge in [0.1, 0.15) is 11.3 Å². The van der Waals surface area contributed by atoms with Gasteiger partial charge >= 0.3 is 19.2 Å². The van der Waals surface area contributed by atoms with Crippen LogP contribution in [0.1, 0.15) is 35.3 Å². The van der Waals surface area contributed by atoms with Crippen molar-refractivity contribution in [1.29, 1.82) is 0 Å². The van der Waals surface area contributed by atoms with Crippen LogP contribution in [-0.2, 0) is 30.6 Å². The molecule has 0 radical (unpaired) electrons. The standard InChI is InChI=1S/C29H26BrCl2F2N2O6PS/c1-4-41-43(39,42-5-2)29(33,34)21-9-6-17(12-22(21)30)15-36(19-8-10-23(31)24(32)14-19)28-35-25(16-44-28)18-7-11-26(37)20(13-18)27(38)40-3/h6-14,16,37H,4-5,15H2,1-3H3. The number of halogens is 5. The normalized spacial score (nSPS) is 11.9. The van der Waals surface area contributed by atoms with E-state index in [9.17, 15) is 14.5 Å². The molecule has 8 nitrogen and oxygen atoms in total. The smallest absolute Gasteiger partial charge is 0.404 e. The van der Waals surface area contributed by atoms with Crippen LogP contribution in [-0.4, -0.2) is 36.4 Å². The number of thiazole rings is 1. The van der Waals surface area contributed by atoms with Crippen molar-refractivity contribution in [2.45, 2.75) is 26.1 Å². The highest BCUT2D eigenvalue weighted by Crippen LogP contribution is 2.67. The van der Waals surface area contributed by atoms with Gasteiger partial charge in [-0.3, -0.25) is 4.57 Å². The summed E-state index contributed by atoms with van der Waals surface area (Å²) in [6, 6.07) is 13.6. The van der Waals surface area contributed by atoms with Crippen molar-refractivity contribution in [3.63, 3.8) is 0 Å². The monoisotopic (exact) mass is 748 g/mol. The van der Waals surface area contributed by atoms with Crippen LogP contribution in [0.15, 0.2) is 64.5 Å². The minimum absolute atomic E-state index is 0.00739. The number of ether oxygens (including phenoxy) is 1. The van der Waals surface area contributed by atoms with Gasteiger partial charge in [-0.1, -0.05) is 51.3 Å². The predicted molar refractivity (Wildman–Crippen MR) is 172 cm³/mol. The Morgan fingerprint density at radius 2 is 1.77 bits per heavy atom. The fraction of sp³-hybridized carbons (Fsp3) is 0.241. The maximum Gasteiger partial charge on any atom is 0.404 e. The summed E-state index contributed by atoms with van der Waals surface area (Å²) >= 11 is 17.0. The average Bonchev–Trinajstić information content (AvgIpc) is 3.47. The molecule has 0 unspecified atom stereocenters. The summed E-state index contributed by atoms with van der Waals surface area (Å²) in [6.45, 7) is 2.64. The van der Waals surface area contributed by atoms with E-state index in [1.165, 1.54) is 62.6 Å². The average molecular weight is 750 g/mol. The molecule has 0 aliphatic heterocycles. The van der Waals surface area contributed by atoms with Gasteiger partial charge in [-0.15, -0.1) is 11.3 Å². The summed E-state index contributed by atoms with van der Waals surface area (Å²) < 4.78 is 58.6. The molecule has 0 atom stereocenters. The molecule has 234 valence electrons. The summed E-state index contributed by atoms with van der Waals surface area (Å²) in [5.74, 6) is -0.928. The van der Waals surface area contributed by atoms with Gasteiger partial charge in [-0.2, -0.15) is 8.78 Å². The first-order valence-corrected chi connectivity index (χ1v) is 17.0. The number of carbonyl (C=O) groups excluding carboxylic acids is 1. The number of phenolic OH excluding ortho intramolecular Hbond substituents is 1. The van der Waals surface area contributed by atoms with Crippen LogP contribution in [0, 0.1) is 0 Å². The molecule has 4 aromatic rings. The lowest BCUT2D eigenvalue weighted by Gasteiger charge is -2.27. The third-order valence-electron chi connectivity index (χ3n) is 6.28. The Morgan fingerprint density at radius 1 is 1.07 bits per heavy atom. The van der Waals surface area contributed by atoms with E-state index < -0.39 is 24.8 Å². The molecule has 1 heterocycles. The number of anilines is 2. The summed E-state index contributed by atoms with van der Waals surface area (Å²) in [6.07, 6.45) is 0. The predicted octanol–water partition coefficient (Wildman–Crippen LogP) is 10.0. The third kappa shape index (κ3) is 7.12. The first-order valence-electron chi connectivity index (χ1n) is 13.0. The Bertz CT molecular complexity index is 1720. The van der Waals surface area contributed by atoms with E-state index in [2.05, 4.69) is 15.9 Å². The van der Waals surface area contributed by atoms with Crippen molar-refractivity contribution in [3.8, 4) is 17.0 Å². The van der Waals surface area contributed by atoms with Crippen LogP contribution in [0.5, 0.6) is 5.75 Å². The molecule has 3 aromatic carbocycles. The third-order valence-corrected chi connectivity index (χ3v) is 10.7. The number of rotatable bonds is 12. The van der Waals surface area contributed by atoms with Crippen molar-refractivity contribution in [2.24, 2.45) is 0 Å². The van der Waals surface area contributed by atoms with E-state index in [4.69, 9.17) is 42.0 Å². The number of alkyl halides is 2. The van der Waals surface area contributed by atoms with E-state index in [0.29, 0.717) is 37.7 Å². The van der Waals surface area contributed by atoms with Crippen molar-refractivity contribution in [2.75, 3.05) is 25.2 Å². The number of esters is 1. The molecule has 0 aliphatic rings. The van der Waals surface area contributed by atoms with Crippen LogP contribution in [0.2, 0.25) is 10.0 Å². The highest BCUT2D eigenvalue weighted by molar-refractivity contribution is 9.10. The number of aromatic hydroxyl groups is 1. The first kappa shape index (κ1) is 34.3. The number of aromatic nitrogens is 1. The molecule has 15 heteroatoms. The summed E-state index contributed by atoms with van der Waals surface area (Å²) in [5, 5.41) is 13.0. The van der Waals surface area contributed by atoms with E-state index in [1.54, 1.807) is 29.6 Å². The number of hydrogen-bond acceptors (Lipinski definition) is 9. The lowest BCUT2D eigenvalue weighted by atomic mass is 10.1.